The molecule has 0 aromatic heterocycles. The number of carboxylic acids is 1. The van der Waals surface area contributed by atoms with Crippen molar-refractivity contribution in [2.45, 2.75) is 18.6 Å². The van der Waals surface area contributed by atoms with E-state index < -0.39 is 24.1 Å². The molecule has 0 aliphatic carbocycles. The summed E-state index contributed by atoms with van der Waals surface area (Å²) in [4.78, 5) is 22.5. The van der Waals surface area contributed by atoms with E-state index in [9.17, 15) is 9.59 Å². The standard InChI is InChI=1S/C12H12O5/c13-11(14)10-9(6-7-16-10)17-12(15)8-4-2-1-3-5-8/h1-5,9-10H,6-7H2,(H,13,14). The van der Waals surface area contributed by atoms with Crippen LogP contribution in [0.15, 0.2) is 30.3 Å². The second kappa shape index (κ2) is 4.97. The van der Waals surface area contributed by atoms with Crippen molar-refractivity contribution >= 4 is 11.9 Å². The third kappa shape index (κ3) is 2.62. The van der Waals surface area contributed by atoms with E-state index in [2.05, 4.69) is 0 Å². The van der Waals surface area contributed by atoms with Gasteiger partial charge in [-0.3, -0.25) is 0 Å². The number of rotatable bonds is 3. The van der Waals surface area contributed by atoms with Crippen LogP contribution >= 0.6 is 0 Å². The Morgan fingerprint density at radius 2 is 2.00 bits per heavy atom. The summed E-state index contributed by atoms with van der Waals surface area (Å²) in [5, 5.41) is 8.85. The Morgan fingerprint density at radius 3 is 2.65 bits per heavy atom. The van der Waals surface area contributed by atoms with Gasteiger partial charge in [-0.05, 0) is 12.1 Å². The van der Waals surface area contributed by atoms with E-state index in [1.165, 1.54) is 0 Å². The number of benzene rings is 1. The molecule has 90 valence electrons. The van der Waals surface area contributed by atoms with Gasteiger partial charge in [0.25, 0.3) is 0 Å². The number of carbonyl (C=O) groups excluding carboxylic acids is 1. The van der Waals surface area contributed by atoms with E-state index in [0.29, 0.717) is 18.6 Å². The third-order valence-electron chi connectivity index (χ3n) is 2.55. The van der Waals surface area contributed by atoms with E-state index in [4.69, 9.17) is 14.6 Å². The average Bonchev–Trinajstić information content (AvgIpc) is 2.78. The molecule has 0 radical (unpaired) electrons. The molecule has 2 atom stereocenters. The quantitative estimate of drug-likeness (QED) is 0.795. The number of carbonyl (C=O) groups is 2. The maximum Gasteiger partial charge on any atom is 0.338 e. The van der Waals surface area contributed by atoms with Crippen LogP contribution in [0, 0.1) is 0 Å². The molecule has 1 heterocycles. The first-order chi connectivity index (χ1) is 8.18. The topological polar surface area (TPSA) is 72.8 Å². The third-order valence-corrected chi connectivity index (χ3v) is 2.55. The van der Waals surface area contributed by atoms with Gasteiger partial charge in [-0.25, -0.2) is 9.59 Å². The van der Waals surface area contributed by atoms with Gasteiger partial charge in [0.05, 0.1) is 12.2 Å². The molecule has 0 bridgehead atoms. The molecule has 5 heteroatoms. The number of aliphatic carboxylic acids is 1. The van der Waals surface area contributed by atoms with Crippen molar-refractivity contribution in [2.75, 3.05) is 6.61 Å². The molecule has 1 aliphatic rings. The van der Waals surface area contributed by atoms with Gasteiger partial charge < -0.3 is 14.6 Å². The molecular formula is C12H12O5. The Hall–Kier alpha value is -1.88. The number of carboxylic acid groups (broad SMARTS) is 1. The fraction of sp³-hybridized carbons (Fsp3) is 0.333. The molecule has 1 aromatic rings. The fourth-order valence-corrected chi connectivity index (χ4v) is 1.70. The van der Waals surface area contributed by atoms with Crippen molar-refractivity contribution in [2.24, 2.45) is 0 Å². The van der Waals surface area contributed by atoms with Gasteiger partial charge in [0.2, 0.25) is 0 Å². The van der Waals surface area contributed by atoms with Crippen LogP contribution in [-0.4, -0.2) is 35.9 Å². The second-order valence-corrected chi connectivity index (χ2v) is 3.73. The molecule has 0 spiro atoms. The van der Waals surface area contributed by atoms with E-state index >= 15 is 0 Å². The van der Waals surface area contributed by atoms with Crippen LogP contribution in [0.2, 0.25) is 0 Å². The van der Waals surface area contributed by atoms with Crippen LogP contribution < -0.4 is 0 Å². The van der Waals surface area contributed by atoms with Crippen LogP contribution in [-0.2, 0) is 14.3 Å². The minimum atomic E-state index is -1.10. The first kappa shape index (κ1) is 11.6. The summed E-state index contributed by atoms with van der Waals surface area (Å²) in [5.74, 6) is -1.62. The summed E-state index contributed by atoms with van der Waals surface area (Å²) in [6.07, 6.45) is -1.35. The average molecular weight is 236 g/mol. The molecule has 17 heavy (non-hydrogen) atoms. The highest BCUT2D eigenvalue weighted by atomic mass is 16.6. The largest absolute Gasteiger partial charge is 0.479 e. The molecular weight excluding hydrogens is 224 g/mol. The zero-order chi connectivity index (χ0) is 12.3. The van der Waals surface area contributed by atoms with Crippen molar-refractivity contribution < 1.29 is 24.2 Å². The van der Waals surface area contributed by atoms with Crippen molar-refractivity contribution in [3.63, 3.8) is 0 Å². The number of esters is 1. The predicted molar refractivity (Wildman–Crippen MR) is 57.6 cm³/mol. The van der Waals surface area contributed by atoms with Crippen molar-refractivity contribution in [3.8, 4) is 0 Å². The molecule has 0 saturated carbocycles. The molecule has 2 rings (SSSR count). The van der Waals surface area contributed by atoms with Crippen LogP contribution in [0.5, 0.6) is 0 Å². The Kier molecular flexibility index (Phi) is 3.39. The SMILES string of the molecule is O=C(OC1CCOC1C(=O)O)c1ccccc1. The lowest BCUT2D eigenvalue weighted by molar-refractivity contribution is -0.151. The van der Waals surface area contributed by atoms with Crippen LogP contribution in [0.25, 0.3) is 0 Å². The highest BCUT2D eigenvalue weighted by Crippen LogP contribution is 2.19. The molecule has 2 unspecified atom stereocenters. The first-order valence-corrected chi connectivity index (χ1v) is 5.29. The molecule has 1 saturated heterocycles. The minimum Gasteiger partial charge on any atom is -0.479 e. The Bertz CT molecular complexity index is 414. The summed E-state index contributed by atoms with van der Waals surface area (Å²) in [5.41, 5.74) is 0.406. The van der Waals surface area contributed by atoms with E-state index in [1.807, 2.05) is 0 Å². The summed E-state index contributed by atoms with van der Waals surface area (Å²) < 4.78 is 10.1. The molecule has 1 N–H and O–H groups in total. The number of hydrogen-bond acceptors (Lipinski definition) is 4. The zero-order valence-electron chi connectivity index (χ0n) is 9.04. The highest BCUT2D eigenvalue weighted by Gasteiger charge is 2.37. The van der Waals surface area contributed by atoms with Crippen LogP contribution in [0.3, 0.4) is 0 Å². The highest BCUT2D eigenvalue weighted by molar-refractivity contribution is 5.89. The van der Waals surface area contributed by atoms with Gasteiger partial charge >= 0.3 is 11.9 Å². The van der Waals surface area contributed by atoms with Crippen molar-refractivity contribution in [3.05, 3.63) is 35.9 Å². The summed E-state index contributed by atoms with van der Waals surface area (Å²) in [6, 6.07) is 8.46. The van der Waals surface area contributed by atoms with E-state index in [1.54, 1.807) is 30.3 Å². The van der Waals surface area contributed by atoms with E-state index in [-0.39, 0.29) is 0 Å². The Morgan fingerprint density at radius 1 is 1.29 bits per heavy atom. The second-order valence-electron chi connectivity index (χ2n) is 3.73. The van der Waals surface area contributed by atoms with Gasteiger partial charge in [0, 0.05) is 6.42 Å². The van der Waals surface area contributed by atoms with Crippen molar-refractivity contribution in [1.29, 1.82) is 0 Å². The van der Waals surface area contributed by atoms with Gasteiger partial charge in [-0.2, -0.15) is 0 Å². The lowest BCUT2D eigenvalue weighted by atomic mass is 10.2. The first-order valence-electron chi connectivity index (χ1n) is 5.29. The molecule has 1 aromatic carbocycles. The van der Waals surface area contributed by atoms with Gasteiger partial charge in [-0.15, -0.1) is 0 Å². The molecule has 0 amide bonds. The van der Waals surface area contributed by atoms with Crippen LogP contribution in [0.4, 0.5) is 0 Å². The van der Waals surface area contributed by atoms with E-state index in [0.717, 1.165) is 0 Å². The Balaban J connectivity index is 2.02. The number of ether oxygens (including phenoxy) is 2. The maximum atomic E-state index is 11.7. The minimum absolute atomic E-state index is 0.295. The summed E-state index contributed by atoms with van der Waals surface area (Å²) >= 11 is 0. The molecule has 1 fully saturated rings. The monoisotopic (exact) mass is 236 g/mol. The van der Waals surface area contributed by atoms with Gasteiger partial charge in [-0.1, -0.05) is 18.2 Å². The molecule has 5 nitrogen and oxygen atoms in total. The summed E-state index contributed by atoms with van der Waals surface area (Å²) in [6.45, 7) is 0.295. The van der Waals surface area contributed by atoms with Crippen LogP contribution in [0.1, 0.15) is 16.8 Å². The van der Waals surface area contributed by atoms with Gasteiger partial charge in [0.15, 0.2) is 6.10 Å². The van der Waals surface area contributed by atoms with Crippen molar-refractivity contribution in [1.82, 2.24) is 0 Å². The normalized spacial score (nSPS) is 23.3. The zero-order valence-corrected chi connectivity index (χ0v) is 9.04. The Labute approximate surface area is 98.0 Å². The fourth-order valence-electron chi connectivity index (χ4n) is 1.70. The smallest absolute Gasteiger partial charge is 0.338 e. The lowest BCUT2D eigenvalue weighted by Crippen LogP contribution is -2.33. The maximum absolute atomic E-state index is 11.7. The van der Waals surface area contributed by atoms with Gasteiger partial charge in [0.1, 0.15) is 6.10 Å². The lowest BCUT2D eigenvalue weighted by Gasteiger charge is -2.15. The summed E-state index contributed by atoms with van der Waals surface area (Å²) in [7, 11) is 0. The predicted octanol–water partition coefficient (Wildman–Crippen LogP) is 1.09. The number of hydrogen-bond donors (Lipinski definition) is 1. The molecule has 1 aliphatic heterocycles.